The lowest BCUT2D eigenvalue weighted by molar-refractivity contribution is 0.123. The molecule has 0 amide bonds. The third kappa shape index (κ3) is 4.14. The first-order valence-corrected chi connectivity index (χ1v) is 13.1. The van der Waals surface area contributed by atoms with Gasteiger partial charge in [0.2, 0.25) is 0 Å². The molecule has 0 aliphatic carbocycles. The highest BCUT2D eigenvalue weighted by atomic mass is 32.1. The molecule has 0 spiro atoms. The lowest BCUT2D eigenvalue weighted by atomic mass is 10.0. The molecule has 2 aromatic heterocycles. The lowest BCUT2D eigenvalue weighted by Crippen LogP contribution is -2.35. The maximum atomic E-state index is 13.4. The number of benzene rings is 2. The predicted octanol–water partition coefficient (Wildman–Crippen LogP) is 4.51. The van der Waals surface area contributed by atoms with E-state index in [0.29, 0.717) is 23.0 Å². The van der Waals surface area contributed by atoms with E-state index in [1.807, 2.05) is 53.5 Å². The van der Waals surface area contributed by atoms with Crippen molar-refractivity contribution in [1.29, 1.82) is 0 Å². The molecule has 1 atom stereocenters. The van der Waals surface area contributed by atoms with Gasteiger partial charge >= 0.3 is 0 Å². The smallest absolute Gasteiger partial charge is 0.263 e. The van der Waals surface area contributed by atoms with Crippen molar-refractivity contribution in [1.82, 2.24) is 4.57 Å². The molecule has 1 fully saturated rings. The van der Waals surface area contributed by atoms with Gasteiger partial charge in [-0.2, -0.15) is 5.10 Å². The Kier molecular flexibility index (Phi) is 6.10. The van der Waals surface area contributed by atoms with Crippen molar-refractivity contribution in [2.24, 2.45) is 12.1 Å². The van der Waals surface area contributed by atoms with Gasteiger partial charge in [-0.15, -0.1) is 11.3 Å². The fraction of sp³-hybridized carbons (Fsp3) is 0.286. The molecule has 2 aliphatic rings. The van der Waals surface area contributed by atoms with E-state index in [4.69, 9.17) is 14.6 Å². The number of aromatic nitrogens is 1. The molecule has 4 heterocycles. The molecule has 1 unspecified atom stereocenters. The molecule has 0 bridgehead atoms. The zero-order valence-corrected chi connectivity index (χ0v) is 21.6. The van der Waals surface area contributed by atoms with Crippen LogP contribution < -0.4 is 20.2 Å². The molecule has 2 aromatic carbocycles. The first-order chi connectivity index (χ1) is 18.0. The maximum absolute atomic E-state index is 13.4. The zero-order chi connectivity index (χ0) is 25.5. The van der Waals surface area contributed by atoms with Crippen LogP contribution in [0.1, 0.15) is 22.9 Å². The number of ether oxygens (including phenoxy) is 2. The van der Waals surface area contributed by atoms with Crippen LogP contribution in [0.3, 0.4) is 0 Å². The Labute approximate surface area is 218 Å². The number of thiophene rings is 1. The molecule has 190 valence electrons. The van der Waals surface area contributed by atoms with E-state index in [9.17, 15) is 9.90 Å². The van der Waals surface area contributed by atoms with E-state index in [-0.39, 0.29) is 22.9 Å². The quantitative estimate of drug-likeness (QED) is 0.421. The fourth-order valence-corrected chi connectivity index (χ4v) is 6.22. The van der Waals surface area contributed by atoms with Gasteiger partial charge in [0.1, 0.15) is 17.1 Å². The van der Waals surface area contributed by atoms with Gasteiger partial charge in [0.15, 0.2) is 0 Å². The number of nitrogens with zero attached hydrogens (tertiary/aromatic N) is 4. The summed E-state index contributed by atoms with van der Waals surface area (Å²) in [6, 6.07) is 19.3. The molecule has 1 saturated heterocycles. The molecule has 0 radical (unpaired) electrons. The minimum Gasteiger partial charge on any atom is -0.506 e. The molecule has 4 aromatic rings. The summed E-state index contributed by atoms with van der Waals surface area (Å²) in [6.45, 7) is 3.20. The molecular weight excluding hydrogens is 488 g/mol. The average Bonchev–Trinajstić information content (AvgIpc) is 3.61. The number of fused-ring (bicyclic) bond motifs is 1. The number of hydrogen-bond acceptors (Lipinski definition) is 8. The van der Waals surface area contributed by atoms with E-state index in [0.717, 1.165) is 42.6 Å². The van der Waals surface area contributed by atoms with Crippen molar-refractivity contribution in [3.8, 4) is 11.5 Å². The number of rotatable bonds is 5. The molecule has 9 heteroatoms. The summed E-state index contributed by atoms with van der Waals surface area (Å²) in [6.07, 6.45) is 0.496. The summed E-state index contributed by atoms with van der Waals surface area (Å²) < 4.78 is 12.4. The molecule has 37 heavy (non-hydrogen) atoms. The Morgan fingerprint density at radius 3 is 2.57 bits per heavy atom. The van der Waals surface area contributed by atoms with Crippen LogP contribution in [0.15, 0.2) is 70.6 Å². The zero-order valence-electron chi connectivity index (χ0n) is 20.8. The number of morpholine rings is 1. The van der Waals surface area contributed by atoms with Gasteiger partial charge in [0, 0.05) is 36.8 Å². The van der Waals surface area contributed by atoms with Crippen molar-refractivity contribution >= 4 is 38.6 Å². The standard InChI is InChI=1S/C28H28N4O4S/c1-30-22-6-4-3-5-20(22)27(33)26(28(30)34)21-17-23(32(29-21)18-7-9-19(35-2)10-8-18)24-11-12-25(37-24)31-13-15-36-16-14-31/h3-12,23,33H,13-17H2,1-2H3. The normalized spacial score (nSPS) is 17.9. The number of aromatic hydroxyl groups is 1. The van der Waals surface area contributed by atoms with E-state index in [1.165, 1.54) is 5.00 Å². The lowest BCUT2D eigenvalue weighted by Gasteiger charge is -2.27. The van der Waals surface area contributed by atoms with Crippen LogP contribution in [0.5, 0.6) is 11.5 Å². The number of hydrazone groups is 1. The summed E-state index contributed by atoms with van der Waals surface area (Å²) in [5.74, 6) is 0.739. The maximum Gasteiger partial charge on any atom is 0.263 e. The summed E-state index contributed by atoms with van der Waals surface area (Å²) in [5, 5.41) is 20.0. The van der Waals surface area contributed by atoms with Gasteiger partial charge in [-0.25, -0.2) is 0 Å². The monoisotopic (exact) mass is 516 g/mol. The molecule has 2 aliphatic heterocycles. The Balaban J connectivity index is 1.44. The van der Waals surface area contributed by atoms with Crippen LogP contribution in [0.2, 0.25) is 0 Å². The van der Waals surface area contributed by atoms with Crippen molar-refractivity contribution in [3.05, 3.63) is 81.5 Å². The highest BCUT2D eigenvalue weighted by Gasteiger charge is 2.34. The van der Waals surface area contributed by atoms with Crippen molar-refractivity contribution in [3.63, 3.8) is 0 Å². The number of methoxy groups -OCH3 is 1. The first-order valence-electron chi connectivity index (χ1n) is 12.3. The second kappa shape index (κ2) is 9.57. The van der Waals surface area contributed by atoms with Crippen LogP contribution >= 0.6 is 11.3 Å². The summed E-state index contributed by atoms with van der Waals surface area (Å²) >= 11 is 1.74. The summed E-state index contributed by atoms with van der Waals surface area (Å²) in [4.78, 5) is 16.9. The van der Waals surface area contributed by atoms with Crippen molar-refractivity contribution in [2.75, 3.05) is 43.3 Å². The second-order valence-electron chi connectivity index (χ2n) is 9.19. The van der Waals surface area contributed by atoms with E-state index < -0.39 is 0 Å². The van der Waals surface area contributed by atoms with Gasteiger partial charge in [-0.1, -0.05) is 12.1 Å². The second-order valence-corrected chi connectivity index (χ2v) is 10.3. The topological polar surface area (TPSA) is 79.5 Å². The van der Waals surface area contributed by atoms with E-state index in [1.54, 1.807) is 30.1 Å². The third-order valence-corrected chi connectivity index (χ3v) is 8.32. The highest BCUT2D eigenvalue weighted by molar-refractivity contribution is 7.16. The van der Waals surface area contributed by atoms with Gasteiger partial charge < -0.3 is 24.0 Å². The molecule has 6 rings (SSSR count). The Bertz CT molecular complexity index is 1540. The Morgan fingerprint density at radius 1 is 1.05 bits per heavy atom. The van der Waals surface area contributed by atoms with Crippen LogP contribution in [0.25, 0.3) is 10.9 Å². The predicted molar refractivity (Wildman–Crippen MR) is 148 cm³/mol. The van der Waals surface area contributed by atoms with Crippen molar-refractivity contribution in [2.45, 2.75) is 12.5 Å². The summed E-state index contributed by atoms with van der Waals surface area (Å²) in [7, 11) is 3.37. The van der Waals surface area contributed by atoms with Gasteiger partial charge in [-0.3, -0.25) is 9.80 Å². The number of aryl methyl sites for hydroxylation is 1. The van der Waals surface area contributed by atoms with Gasteiger partial charge in [0.25, 0.3) is 5.56 Å². The molecule has 0 saturated carbocycles. The van der Waals surface area contributed by atoms with Crippen LogP contribution in [-0.4, -0.2) is 48.8 Å². The molecule has 8 nitrogen and oxygen atoms in total. The number of hydrogen-bond donors (Lipinski definition) is 1. The van der Waals surface area contributed by atoms with Crippen LogP contribution in [-0.2, 0) is 11.8 Å². The van der Waals surface area contributed by atoms with Crippen LogP contribution in [0, 0.1) is 0 Å². The fourth-order valence-electron chi connectivity index (χ4n) is 5.07. The first kappa shape index (κ1) is 23.6. The average molecular weight is 517 g/mol. The number of anilines is 2. The van der Waals surface area contributed by atoms with Gasteiger partial charge in [-0.05, 0) is 48.5 Å². The number of pyridine rings is 1. The third-order valence-electron chi connectivity index (χ3n) is 7.08. The minimum atomic E-state index is -0.259. The SMILES string of the molecule is COc1ccc(N2N=C(c3c(O)c4ccccc4n(C)c3=O)CC2c2ccc(N3CCOCC3)s2)cc1. The van der Waals surface area contributed by atoms with Crippen LogP contribution in [0.4, 0.5) is 10.7 Å². The highest BCUT2D eigenvalue weighted by Crippen LogP contribution is 2.42. The summed E-state index contributed by atoms with van der Waals surface area (Å²) in [5.41, 5.74) is 2.15. The Hall–Kier alpha value is -3.82. The Morgan fingerprint density at radius 2 is 1.81 bits per heavy atom. The van der Waals surface area contributed by atoms with E-state index >= 15 is 0 Å². The molecule has 1 N–H and O–H groups in total. The largest absolute Gasteiger partial charge is 0.506 e. The van der Waals surface area contributed by atoms with Crippen molar-refractivity contribution < 1.29 is 14.6 Å². The van der Waals surface area contributed by atoms with E-state index in [2.05, 4.69) is 17.0 Å². The number of para-hydroxylation sites is 1. The molecular formula is C28H28N4O4S. The van der Waals surface area contributed by atoms with Gasteiger partial charge in [0.05, 0.1) is 48.3 Å². The minimum absolute atomic E-state index is 0.0204.